The van der Waals surface area contributed by atoms with Crippen molar-refractivity contribution in [1.82, 2.24) is 19.8 Å². The van der Waals surface area contributed by atoms with E-state index in [0.717, 1.165) is 51.4 Å². The molecular formula is C22H37N5O2S. The Morgan fingerprint density at radius 1 is 1.20 bits per heavy atom. The first-order valence-electron chi connectivity index (χ1n) is 11.1. The summed E-state index contributed by atoms with van der Waals surface area (Å²) in [4.78, 5) is 7.36. The molecule has 1 aromatic carbocycles. The van der Waals surface area contributed by atoms with Crippen LogP contribution in [0.1, 0.15) is 38.7 Å². The molecule has 1 aromatic rings. The topological polar surface area (TPSA) is 77.0 Å². The number of hydrogen-bond acceptors (Lipinski definition) is 4. The predicted octanol–water partition coefficient (Wildman–Crippen LogP) is 1.88. The fourth-order valence-corrected chi connectivity index (χ4v) is 5.27. The van der Waals surface area contributed by atoms with E-state index in [2.05, 4.69) is 59.7 Å². The van der Waals surface area contributed by atoms with Gasteiger partial charge in [0.1, 0.15) is 0 Å². The van der Waals surface area contributed by atoms with Gasteiger partial charge in [-0.1, -0.05) is 30.3 Å². The highest BCUT2D eigenvalue weighted by Gasteiger charge is 2.30. The third-order valence-corrected chi connectivity index (χ3v) is 7.47. The number of guanidine groups is 1. The second-order valence-corrected chi connectivity index (χ2v) is 10.6. The molecule has 3 rings (SSSR count). The van der Waals surface area contributed by atoms with Crippen molar-refractivity contribution >= 4 is 16.0 Å². The largest absolute Gasteiger partial charge is 0.357 e. The fourth-order valence-electron chi connectivity index (χ4n) is 4.40. The Morgan fingerprint density at radius 3 is 2.53 bits per heavy atom. The van der Waals surface area contributed by atoms with Gasteiger partial charge in [0.25, 0.3) is 0 Å². The molecule has 2 unspecified atom stereocenters. The summed E-state index contributed by atoms with van der Waals surface area (Å²) in [6, 6.07) is 11.6. The smallest absolute Gasteiger partial charge is 0.211 e. The van der Waals surface area contributed by atoms with Crippen LogP contribution in [0, 0.1) is 5.92 Å². The van der Waals surface area contributed by atoms with Gasteiger partial charge in [-0.2, -0.15) is 0 Å². The highest BCUT2D eigenvalue weighted by atomic mass is 32.2. The molecule has 0 amide bonds. The number of sulfonamides is 1. The van der Waals surface area contributed by atoms with Crippen LogP contribution in [-0.4, -0.2) is 74.6 Å². The number of nitrogens with zero attached hydrogens (tertiary/aromatic N) is 3. The van der Waals surface area contributed by atoms with Crippen LogP contribution >= 0.6 is 0 Å². The highest BCUT2D eigenvalue weighted by molar-refractivity contribution is 7.88. The van der Waals surface area contributed by atoms with Gasteiger partial charge >= 0.3 is 0 Å². The molecular weight excluding hydrogens is 398 g/mol. The van der Waals surface area contributed by atoms with Gasteiger partial charge in [0.05, 0.1) is 6.26 Å². The number of hydrogen-bond donors (Lipinski definition) is 2. The Morgan fingerprint density at radius 2 is 1.90 bits per heavy atom. The number of benzene rings is 1. The zero-order chi connectivity index (χ0) is 21.6. The SMILES string of the molecule is CCNC(=NCC1CCN(S(C)(=O)=O)CC1)NC1CC(C)N(Cc2ccccc2)C1. The summed E-state index contributed by atoms with van der Waals surface area (Å²) < 4.78 is 24.9. The number of rotatable bonds is 7. The quantitative estimate of drug-likeness (QED) is 0.505. The van der Waals surface area contributed by atoms with Crippen molar-refractivity contribution in [3.05, 3.63) is 35.9 Å². The maximum absolute atomic E-state index is 11.7. The van der Waals surface area contributed by atoms with E-state index in [4.69, 9.17) is 4.99 Å². The van der Waals surface area contributed by atoms with E-state index in [9.17, 15) is 8.42 Å². The van der Waals surface area contributed by atoms with Crippen LogP contribution in [0.3, 0.4) is 0 Å². The second kappa shape index (κ2) is 10.6. The molecule has 30 heavy (non-hydrogen) atoms. The summed E-state index contributed by atoms with van der Waals surface area (Å²) in [7, 11) is -3.07. The summed E-state index contributed by atoms with van der Waals surface area (Å²) in [6.45, 7) is 9.15. The average molecular weight is 436 g/mol. The summed E-state index contributed by atoms with van der Waals surface area (Å²) >= 11 is 0. The lowest BCUT2D eigenvalue weighted by atomic mass is 9.98. The van der Waals surface area contributed by atoms with Crippen molar-refractivity contribution in [1.29, 1.82) is 0 Å². The van der Waals surface area contributed by atoms with Gasteiger partial charge < -0.3 is 10.6 Å². The molecule has 0 spiro atoms. The van der Waals surface area contributed by atoms with E-state index >= 15 is 0 Å². The Hall–Kier alpha value is -1.64. The molecule has 2 atom stereocenters. The minimum absolute atomic E-state index is 0.383. The lowest BCUT2D eigenvalue weighted by molar-refractivity contribution is 0.258. The molecule has 0 aromatic heterocycles. The van der Waals surface area contributed by atoms with E-state index in [1.54, 1.807) is 4.31 Å². The summed E-state index contributed by atoms with van der Waals surface area (Å²) in [5.41, 5.74) is 1.35. The maximum Gasteiger partial charge on any atom is 0.211 e. The highest BCUT2D eigenvalue weighted by Crippen LogP contribution is 2.21. The molecule has 2 heterocycles. The van der Waals surface area contributed by atoms with Crippen LogP contribution in [0.25, 0.3) is 0 Å². The minimum Gasteiger partial charge on any atom is -0.357 e. The van der Waals surface area contributed by atoms with Crippen molar-refractivity contribution < 1.29 is 8.42 Å². The molecule has 2 aliphatic heterocycles. The summed E-state index contributed by atoms with van der Waals surface area (Å²) in [6.07, 6.45) is 4.15. The first-order chi connectivity index (χ1) is 14.3. The number of piperidine rings is 1. The molecule has 0 bridgehead atoms. The predicted molar refractivity (Wildman–Crippen MR) is 123 cm³/mol. The van der Waals surface area contributed by atoms with E-state index < -0.39 is 10.0 Å². The number of aliphatic imine (C=N–C) groups is 1. The Bertz CT molecular complexity index is 791. The second-order valence-electron chi connectivity index (χ2n) is 8.67. The molecule has 2 aliphatic rings. The summed E-state index contributed by atoms with van der Waals surface area (Å²) in [5.74, 6) is 1.32. The normalized spacial score (nSPS) is 24.8. The Kier molecular flexibility index (Phi) is 8.13. The van der Waals surface area contributed by atoms with Crippen LogP contribution in [0.2, 0.25) is 0 Å². The first-order valence-corrected chi connectivity index (χ1v) is 13.0. The third-order valence-electron chi connectivity index (χ3n) is 6.17. The van der Waals surface area contributed by atoms with Crippen LogP contribution in [-0.2, 0) is 16.6 Å². The maximum atomic E-state index is 11.7. The van der Waals surface area contributed by atoms with Crippen molar-refractivity contribution in [3.63, 3.8) is 0 Å². The standard InChI is InChI=1S/C22H37N5O2S/c1-4-23-22(24-15-19-10-12-27(13-11-19)30(3,28)29)25-21-14-18(2)26(17-21)16-20-8-6-5-7-9-20/h5-9,18-19,21H,4,10-17H2,1-3H3,(H2,23,24,25). The van der Waals surface area contributed by atoms with Crippen LogP contribution in [0.5, 0.6) is 0 Å². The third kappa shape index (κ3) is 6.68. The van der Waals surface area contributed by atoms with E-state index in [1.807, 2.05) is 0 Å². The molecule has 0 aliphatic carbocycles. The van der Waals surface area contributed by atoms with Gasteiger partial charge in [-0.3, -0.25) is 9.89 Å². The Balaban J connectivity index is 1.50. The van der Waals surface area contributed by atoms with E-state index in [-0.39, 0.29) is 0 Å². The molecule has 0 radical (unpaired) electrons. The van der Waals surface area contributed by atoms with Crippen LogP contribution in [0.15, 0.2) is 35.3 Å². The van der Waals surface area contributed by atoms with Crippen molar-refractivity contribution in [2.75, 3.05) is 39.0 Å². The van der Waals surface area contributed by atoms with Crippen LogP contribution in [0.4, 0.5) is 0 Å². The van der Waals surface area contributed by atoms with Gasteiger partial charge in [-0.15, -0.1) is 0 Å². The minimum atomic E-state index is -3.07. The van der Waals surface area contributed by atoms with E-state index in [0.29, 0.717) is 31.1 Å². The molecule has 168 valence electrons. The van der Waals surface area contributed by atoms with Gasteiger partial charge in [0, 0.05) is 51.4 Å². The van der Waals surface area contributed by atoms with Crippen molar-refractivity contribution in [2.24, 2.45) is 10.9 Å². The molecule has 2 saturated heterocycles. The molecule has 0 saturated carbocycles. The Labute approximate surface area is 182 Å². The first kappa shape index (κ1) is 23.0. The van der Waals surface area contributed by atoms with Gasteiger partial charge in [-0.05, 0) is 44.6 Å². The molecule has 2 N–H and O–H groups in total. The number of likely N-dealkylation sites (tertiary alicyclic amines) is 1. The lowest BCUT2D eigenvalue weighted by Crippen LogP contribution is -2.45. The number of nitrogens with one attached hydrogen (secondary N) is 2. The lowest BCUT2D eigenvalue weighted by Gasteiger charge is -2.29. The average Bonchev–Trinajstić information content (AvgIpc) is 3.05. The zero-order valence-corrected chi connectivity index (χ0v) is 19.4. The molecule has 2 fully saturated rings. The fraction of sp³-hybridized carbons (Fsp3) is 0.682. The monoisotopic (exact) mass is 435 g/mol. The van der Waals surface area contributed by atoms with Gasteiger partial charge in [-0.25, -0.2) is 12.7 Å². The van der Waals surface area contributed by atoms with Crippen molar-refractivity contribution in [3.8, 4) is 0 Å². The molecule has 8 heteroatoms. The van der Waals surface area contributed by atoms with Gasteiger partial charge in [0.15, 0.2) is 5.96 Å². The molecule has 7 nitrogen and oxygen atoms in total. The zero-order valence-electron chi connectivity index (χ0n) is 18.5. The van der Waals surface area contributed by atoms with E-state index in [1.165, 1.54) is 11.8 Å². The summed E-state index contributed by atoms with van der Waals surface area (Å²) in [5, 5.41) is 7.00. The van der Waals surface area contributed by atoms with Crippen LogP contribution < -0.4 is 10.6 Å². The van der Waals surface area contributed by atoms with Gasteiger partial charge in [0.2, 0.25) is 10.0 Å². The van der Waals surface area contributed by atoms with Crippen molar-refractivity contribution in [2.45, 2.75) is 51.7 Å².